The van der Waals surface area contributed by atoms with Crippen molar-refractivity contribution in [3.05, 3.63) is 30.1 Å². The van der Waals surface area contributed by atoms with Gasteiger partial charge in [-0.3, -0.25) is 14.6 Å². The summed E-state index contributed by atoms with van der Waals surface area (Å²) in [6.45, 7) is -0.255. The van der Waals surface area contributed by atoms with Crippen LogP contribution in [0.15, 0.2) is 24.5 Å². The van der Waals surface area contributed by atoms with Crippen LogP contribution in [0.3, 0.4) is 0 Å². The van der Waals surface area contributed by atoms with Gasteiger partial charge in [0.15, 0.2) is 0 Å². The number of aryl methyl sites for hydroxylation is 1. The van der Waals surface area contributed by atoms with Crippen LogP contribution in [0.4, 0.5) is 0 Å². The van der Waals surface area contributed by atoms with Gasteiger partial charge in [0.05, 0.1) is 0 Å². The lowest BCUT2D eigenvalue weighted by Crippen LogP contribution is -2.32. The number of likely N-dealkylation sites (N-methyl/N-ethyl adjacent to an activating group) is 1. The fourth-order valence-corrected chi connectivity index (χ4v) is 1.28. The van der Waals surface area contributed by atoms with E-state index in [0.29, 0.717) is 12.8 Å². The quantitative estimate of drug-likeness (QED) is 0.790. The van der Waals surface area contributed by atoms with Crippen LogP contribution in [-0.4, -0.2) is 40.5 Å². The summed E-state index contributed by atoms with van der Waals surface area (Å²) in [6.07, 6.45) is 4.25. The first kappa shape index (κ1) is 12.2. The summed E-state index contributed by atoms with van der Waals surface area (Å²) in [4.78, 5) is 27.0. The van der Waals surface area contributed by atoms with Crippen LogP contribution in [0.1, 0.15) is 12.0 Å². The lowest BCUT2D eigenvalue weighted by molar-refractivity contribution is -0.143. The van der Waals surface area contributed by atoms with Crippen molar-refractivity contribution in [2.75, 3.05) is 13.6 Å². The highest BCUT2D eigenvalue weighted by Gasteiger charge is 2.11. The van der Waals surface area contributed by atoms with Gasteiger partial charge in [0.2, 0.25) is 5.91 Å². The average Bonchev–Trinajstić information content (AvgIpc) is 2.26. The summed E-state index contributed by atoms with van der Waals surface area (Å²) >= 11 is 0. The molecule has 0 spiro atoms. The van der Waals surface area contributed by atoms with E-state index in [9.17, 15) is 9.59 Å². The number of pyridine rings is 1. The van der Waals surface area contributed by atoms with E-state index in [1.165, 1.54) is 11.9 Å². The predicted molar refractivity (Wildman–Crippen MR) is 57.8 cm³/mol. The molecule has 16 heavy (non-hydrogen) atoms. The van der Waals surface area contributed by atoms with Crippen molar-refractivity contribution in [1.82, 2.24) is 9.88 Å². The van der Waals surface area contributed by atoms with E-state index in [0.717, 1.165) is 5.56 Å². The molecule has 0 aliphatic heterocycles. The van der Waals surface area contributed by atoms with Crippen LogP contribution in [0.5, 0.6) is 0 Å². The number of amides is 1. The Labute approximate surface area is 93.7 Å². The van der Waals surface area contributed by atoms with Gasteiger partial charge in [-0.1, -0.05) is 0 Å². The Kier molecular flexibility index (Phi) is 4.44. The van der Waals surface area contributed by atoms with E-state index in [2.05, 4.69) is 4.98 Å². The predicted octanol–water partition coefficient (Wildman–Crippen LogP) is 0.557. The van der Waals surface area contributed by atoms with Gasteiger partial charge < -0.3 is 10.0 Å². The van der Waals surface area contributed by atoms with Crippen LogP contribution < -0.4 is 0 Å². The lowest BCUT2D eigenvalue weighted by atomic mass is 10.1. The van der Waals surface area contributed by atoms with Crippen LogP contribution in [0, 0.1) is 0 Å². The first-order valence-electron chi connectivity index (χ1n) is 4.94. The zero-order chi connectivity index (χ0) is 12.0. The van der Waals surface area contributed by atoms with Gasteiger partial charge in [-0.15, -0.1) is 0 Å². The average molecular weight is 222 g/mol. The molecule has 0 atom stereocenters. The maximum absolute atomic E-state index is 11.5. The molecule has 0 aliphatic rings. The highest BCUT2D eigenvalue weighted by Crippen LogP contribution is 2.02. The second-order valence-corrected chi connectivity index (χ2v) is 3.50. The third-order valence-corrected chi connectivity index (χ3v) is 2.18. The molecule has 5 heteroatoms. The van der Waals surface area contributed by atoms with Gasteiger partial charge in [-0.25, -0.2) is 0 Å². The number of hydrogen-bond donors (Lipinski definition) is 1. The Balaban J connectivity index is 2.38. The number of carboxylic acid groups (broad SMARTS) is 1. The van der Waals surface area contributed by atoms with Crippen molar-refractivity contribution in [2.24, 2.45) is 0 Å². The highest BCUT2D eigenvalue weighted by atomic mass is 16.4. The van der Waals surface area contributed by atoms with Crippen molar-refractivity contribution in [2.45, 2.75) is 12.8 Å². The Hall–Kier alpha value is -1.91. The van der Waals surface area contributed by atoms with Crippen molar-refractivity contribution < 1.29 is 14.7 Å². The normalized spacial score (nSPS) is 9.81. The summed E-state index contributed by atoms with van der Waals surface area (Å²) in [6, 6.07) is 3.68. The topological polar surface area (TPSA) is 70.5 Å². The number of aliphatic carboxylic acids is 1. The minimum Gasteiger partial charge on any atom is -0.480 e. The highest BCUT2D eigenvalue weighted by molar-refractivity contribution is 5.81. The van der Waals surface area contributed by atoms with Gasteiger partial charge in [0, 0.05) is 25.9 Å². The summed E-state index contributed by atoms with van der Waals surface area (Å²) in [5.74, 6) is -1.17. The van der Waals surface area contributed by atoms with Crippen molar-refractivity contribution in [3.8, 4) is 0 Å². The van der Waals surface area contributed by atoms with Crippen molar-refractivity contribution in [1.29, 1.82) is 0 Å². The maximum atomic E-state index is 11.5. The second kappa shape index (κ2) is 5.85. The summed E-state index contributed by atoms with van der Waals surface area (Å²) in [7, 11) is 1.49. The maximum Gasteiger partial charge on any atom is 0.323 e. The van der Waals surface area contributed by atoms with E-state index in [1.54, 1.807) is 12.4 Å². The molecule has 0 unspecified atom stereocenters. The molecule has 0 saturated carbocycles. The smallest absolute Gasteiger partial charge is 0.323 e. The van der Waals surface area contributed by atoms with Gasteiger partial charge in [0.1, 0.15) is 6.54 Å². The van der Waals surface area contributed by atoms with Crippen LogP contribution >= 0.6 is 0 Å². The number of aromatic nitrogens is 1. The number of rotatable bonds is 5. The third kappa shape index (κ3) is 4.08. The number of hydrogen-bond acceptors (Lipinski definition) is 3. The standard InChI is InChI=1S/C11H14N2O3/c1-13(8-11(15)16)10(14)3-2-9-4-6-12-7-5-9/h4-7H,2-3,8H2,1H3,(H,15,16). The fraction of sp³-hybridized carbons (Fsp3) is 0.364. The Morgan fingerprint density at radius 1 is 1.38 bits per heavy atom. The van der Waals surface area contributed by atoms with Crippen molar-refractivity contribution >= 4 is 11.9 Å². The number of nitrogens with zero attached hydrogens (tertiary/aromatic N) is 2. The summed E-state index contributed by atoms with van der Waals surface area (Å²) in [5, 5.41) is 8.52. The van der Waals surface area contributed by atoms with E-state index < -0.39 is 5.97 Å². The molecule has 1 heterocycles. The Bertz CT molecular complexity index is 365. The van der Waals surface area contributed by atoms with Crippen molar-refractivity contribution in [3.63, 3.8) is 0 Å². The zero-order valence-electron chi connectivity index (χ0n) is 9.09. The first-order valence-corrected chi connectivity index (χ1v) is 4.94. The lowest BCUT2D eigenvalue weighted by Gasteiger charge is -2.14. The molecular weight excluding hydrogens is 208 g/mol. The zero-order valence-corrected chi connectivity index (χ0v) is 9.09. The molecule has 1 rings (SSSR count). The van der Waals surface area contributed by atoms with Gasteiger partial charge >= 0.3 is 5.97 Å². The third-order valence-electron chi connectivity index (χ3n) is 2.18. The molecule has 1 amide bonds. The molecule has 86 valence electrons. The van der Waals surface area contributed by atoms with E-state index in [1.807, 2.05) is 12.1 Å². The number of carbonyl (C=O) groups excluding carboxylic acids is 1. The molecule has 0 aliphatic carbocycles. The largest absolute Gasteiger partial charge is 0.480 e. The molecule has 0 fully saturated rings. The SMILES string of the molecule is CN(CC(=O)O)C(=O)CCc1ccncc1. The molecule has 5 nitrogen and oxygen atoms in total. The second-order valence-electron chi connectivity index (χ2n) is 3.50. The van der Waals surface area contributed by atoms with Crippen LogP contribution in [0.2, 0.25) is 0 Å². The molecule has 1 N–H and O–H groups in total. The summed E-state index contributed by atoms with van der Waals surface area (Å²) in [5.41, 5.74) is 1.02. The Morgan fingerprint density at radius 3 is 2.56 bits per heavy atom. The van der Waals surface area contributed by atoms with Gasteiger partial charge in [-0.05, 0) is 24.1 Å². The number of carbonyl (C=O) groups is 2. The van der Waals surface area contributed by atoms with E-state index in [4.69, 9.17) is 5.11 Å². The first-order chi connectivity index (χ1) is 7.59. The molecule has 0 aromatic carbocycles. The molecule has 0 radical (unpaired) electrons. The summed E-state index contributed by atoms with van der Waals surface area (Å²) < 4.78 is 0. The minimum absolute atomic E-state index is 0.167. The molecule has 1 aromatic rings. The Morgan fingerprint density at radius 2 is 2.00 bits per heavy atom. The van der Waals surface area contributed by atoms with Crippen LogP contribution in [0.25, 0.3) is 0 Å². The molecule has 1 aromatic heterocycles. The van der Waals surface area contributed by atoms with E-state index in [-0.39, 0.29) is 12.5 Å². The van der Waals surface area contributed by atoms with Gasteiger partial charge in [0.25, 0.3) is 0 Å². The molecule has 0 bridgehead atoms. The van der Waals surface area contributed by atoms with E-state index >= 15 is 0 Å². The monoisotopic (exact) mass is 222 g/mol. The molecule has 0 saturated heterocycles. The number of carboxylic acids is 1. The van der Waals surface area contributed by atoms with Gasteiger partial charge in [-0.2, -0.15) is 0 Å². The minimum atomic E-state index is -1.00. The fourth-order valence-electron chi connectivity index (χ4n) is 1.28. The molecular formula is C11H14N2O3. The van der Waals surface area contributed by atoms with Crippen LogP contribution in [-0.2, 0) is 16.0 Å².